The molecule has 25 heteroatoms. The highest BCUT2D eigenvalue weighted by Gasteiger charge is 2.27. The van der Waals surface area contributed by atoms with E-state index in [2.05, 4.69) is 35.9 Å². The zero-order valence-electron chi connectivity index (χ0n) is 46.7. The van der Waals surface area contributed by atoms with E-state index in [9.17, 15) is 0 Å². The van der Waals surface area contributed by atoms with E-state index in [-0.39, 0.29) is 5.15 Å². The maximum atomic E-state index is 6.21. The van der Waals surface area contributed by atoms with E-state index >= 15 is 0 Å². The minimum Gasteiger partial charge on any atom is -0.497 e. The van der Waals surface area contributed by atoms with E-state index in [4.69, 9.17) is 196 Å². The van der Waals surface area contributed by atoms with Crippen molar-refractivity contribution in [3.8, 4) is 85.5 Å². The number of oxazole rings is 4. The summed E-state index contributed by atoms with van der Waals surface area (Å²) in [6, 6.07) is 64.4. The number of benzene rings is 8. The Morgan fingerprint density at radius 3 is 0.978 bits per heavy atom. The van der Waals surface area contributed by atoms with E-state index in [0.29, 0.717) is 83.8 Å². The van der Waals surface area contributed by atoms with Crippen molar-refractivity contribution in [1.82, 2.24) is 19.9 Å². The Morgan fingerprint density at radius 2 is 0.620 bits per heavy atom. The van der Waals surface area contributed by atoms with Gasteiger partial charge in [0.1, 0.15) is 5.75 Å². The maximum absolute atomic E-state index is 6.21. The van der Waals surface area contributed by atoms with Gasteiger partial charge < -0.3 is 22.4 Å². The second-order valence-electron chi connectivity index (χ2n) is 19.1. The predicted octanol–water partition coefficient (Wildman–Crippen LogP) is 26.6. The highest BCUT2D eigenvalue weighted by atomic mass is 79.9. The first-order valence-corrected chi connectivity index (χ1v) is 33.0. The zero-order chi connectivity index (χ0) is 66.0. The summed E-state index contributed by atoms with van der Waals surface area (Å²) in [4.78, 5) is 17.1. The smallest absolute Gasteiger partial charge is 0.228 e. The Bertz CT molecular complexity index is 4240. The second-order valence-corrected chi connectivity index (χ2v) is 30.0. The molecule has 0 radical (unpaired) electrons. The Hall–Kier alpha value is -5.03. The van der Waals surface area contributed by atoms with Crippen LogP contribution in [0.4, 0.5) is 0 Å². The van der Waals surface area contributed by atoms with Crippen molar-refractivity contribution in [2.75, 3.05) is 7.11 Å². The lowest BCUT2D eigenvalue weighted by atomic mass is 10.1. The van der Waals surface area contributed by atoms with Gasteiger partial charge in [-0.25, -0.2) is 4.98 Å². The van der Waals surface area contributed by atoms with Gasteiger partial charge in [0.15, 0.2) is 43.1 Å². The first-order chi connectivity index (χ1) is 43.7. The molecule has 0 spiro atoms. The summed E-state index contributed by atoms with van der Waals surface area (Å²) >= 11 is 92.1. The summed E-state index contributed by atoms with van der Waals surface area (Å²) in [6.07, 6.45) is 3.69. The Labute approximate surface area is 612 Å². The molecule has 92 heavy (non-hydrogen) atoms. The van der Waals surface area contributed by atoms with Crippen molar-refractivity contribution in [2.45, 2.75) is 15.2 Å². The van der Waals surface area contributed by atoms with Gasteiger partial charge in [0.2, 0.25) is 38.7 Å². The van der Waals surface area contributed by atoms with Crippen LogP contribution in [0.15, 0.2) is 235 Å². The minimum absolute atomic E-state index is 0.278. The molecule has 12 aromatic rings. The quantitative estimate of drug-likeness (QED) is 0.124. The minimum atomic E-state index is -1.47. The molecule has 12 rings (SSSR count). The molecular formula is C67H40BrCl15N4O5. The Kier molecular flexibility index (Phi) is 24.5. The number of aromatic nitrogens is 4. The van der Waals surface area contributed by atoms with Crippen molar-refractivity contribution < 1.29 is 22.4 Å². The fourth-order valence-corrected chi connectivity index (χ4v) is 10.8. The number of methoxy groups -OCH3 is 1. The highest BCUT2D eigenvalue weighted by Crippen LogP contribution is 2.44. The van der Waals surface area contributed by atoms with E-state index in [1.165, 1.54) is 0 Å². The lowest BCUT2D eigenvalue weighted by Gasteiger charge is -2.10. The summed E-state index contributed by atoms with van der Waals surface area (Å²) in [5, 5.41) is 0.884. The molecule has 0 aliphatic rings. The van der Waals surface area contributed by atoms with Gasteiger partial charge in [-0.3, -0.25) is 0 Å². The van der Waals surface area contributed by atoms with Crippen molar-refractivity contribution in [2.24, 2.45) is 0 Å². The lowest BCUT2D eigenvalue weighted by Crippen LogP contribution is -1.98. The Morgan fingerprint density at radius 1 is 0.326 bits per heavy atom. The van der Waals surface area contributed by atoms with Gasteiger partial charge in [0, 0.05) is 61.2 Å². The molecule has 0 saturated carbocycles. The molecule has 0 fully saturated rings. The molecule has 0 atom stereocenters. The molecule has 0 saturated heterocycles. The normalized spacial score (nSPS) is 11.7. The molecule has 0 unspecified atom stereocenters. The molecule has 470 valence electrons. The maximum Gasteiger partial charge on any atom is 0.228 e. The van der Waals surface area contributed by atoms with E-state index in [1.807, 2.05) is 133 Å². The van der Waals surface area contributed by atoms with Crippen LogP contribution in [0, 0.1) is 0 Å². The van der Waals surface area contributed by atoms with Gasteiger partial charge in [-0.15, -0.1) is 0 Å². The fourth-order valence-electron chi connectivity index (χ4n) is 8.21. The zero-order valence-corrected chi connectivity index (χ0v) is 59.7. The third-order valence-electron chi connectivity index (χ3n) is 12.9. The van der Waals surface area contributed by atoms with Gasteiger partial charge in [-0.1, -0.05) is 320 Å². The summed E-state index contributed by atoms with van der Waals surface area (Å²) in [5.74, 6) is 4.65. The van der Waals surface area contributed by atoms with Gasteiger partial charge in [0.25, 0.3) is 0 Å². The number of alkyl halides is 12. The predicted molar refractivity (Wildman–Crippen MR) is 386 cm³/mol. The average molecular weight is 1590 g/mol. The van der Waals surface area contributed by atoms with Crippen LogP contribution < -0.4 is 4.74 Å². The third-order valence-corrected chi connectivity index (χ3v) is 16.8. The third kappa shape index (κ3) is 19.3. The number of ether oxygens (including phenoxy) is 1. The molecule has 0 aliphatic heterocycles. The first-order valence-electron chi connectivity index (χ1n) is 26.6. The SMILES string of the molecule is COc1ccc(-c2oc(-c3ccc(C(Cl)(Cl)Cl)cc3)nc2Cl)cc1.ClC(Cl)(Cl)c1ccc(-c2nc(Br)c(-c3ccccc3)o2)cc1.Clc1nc(-c2ccc(C(Cl)(Cl)Cl)cc2)oc1-c1ccccc1.Clc1nc(-c2ccc(C(Cl)(Cl)Cl)cc2)oc1C=Cc1ccccc1. The van der Waals surface area contributed by atoms with E-state index in [0.717, 1.165) is 50.3 Å². The standard InChI is InChI=1S/C18H11Cl4NO.C17H11Cl4NO2.C16H9BrCl3NO.C16H9Cl4NO/c19-16-15(11-6-12-4-2-1-3-5-12)24-17(23-16)13-7-9-14(10-8-13)18(20,21)22;1-23-13-8-4-10(5-9-13)14-15(18)22-16(24-14)11-2-6-12(7-3-11)17(19,20)21;2*17-14-13(10-4-2-1-3-5-10)22-15(21-14)11-6-8-12(9-7-11)16(18,19)20/h1-11H;2-9H,1H3;2*1-9H. The van der Waals surface area contributed by atoms with Crippen LogP contribution in [0.3, 0.4) is 0 Å². The van der Waals surface area contributed by atoms with Crippen LogP contribution in [-0.2, 0) is 15.2 Å². The topological polar surface area (TPSA) is 113 Å². The van der Waals surface area contributed by atoms with E-state index in [1.54, 1.807) is 98.1 Å². The average Bonchev–Trinajstić information content (AvgIpc) is 1.86. The van der Waals surface area contributed by atoms with Gasteiger partial charge in [-0.05, 0) is 100 Å². The van der Waals surface area contributed by atoms with Crippen molar-refractivity contribution >= 4 is 202 Å². The summed E-state index contributed by atoms with van der Waals surface area (Å²) in [7, 11) is 1.61. The van der Waals surface area contributed by atoms with Gasteiger partial charge >= 0.3 is 0 Å². The highest BCUT2D eigenvalue weighted by molar-refractivity contribution is 9.10. The van der Waals surface area contributed by atoms with Crippen LogP contribution in [0.5, 0.6) is 5.75 Å². The van der Waals surface area contributed by atoms with Crippen LogP contribution in [-0.4, -0.2) is 27.0 Å². The second kappa shape index (κ2) is 31.7. The van der Waals surface area contributed by atoms with Gasteiger partial charge in [0.05, 0.1) is 7.11 Å². The monoisotopic (exact) mass is 1580 g/mol. The largest absolute Gasteiger partial charge is 0.497 e. The summed E-state index contributed by atoms with van der Waals surface area (Å²) < 4.78 is 23.1. The number of rotatable bonds is 10. The van der Waals surface area contributed by atoms with Crippen molar-refractivity contribution in [3.63, 3.8) is 0 Å². The number of hydrogen-bond acceptors (Lipinski definition) is 9. The molecule has 4 aromatic heterocycles. The lowest BCUT2D eigenvalue weighted by molar-refractivity contribution is 0.415. The number of halogens is 16. The Balaban J connectivity index is 0.000000145. The van der Waals surface area contributed by atoms with Crippen LogP contribution >= 0.6 is 190 Å². The molecule has 0 N–H and O–H groups in total. The summed E-state index contributed by atoms with van der Waals surface area (Å²) in [5.41, 5.74) is 8.98. The molecule has 0 amide bonds. The van der Waals surface area contributed by atoms with Crippen LogP contribution in [0.1, 0.15) is 33.6 Å². The molecular weight excluding hydrogens is 1550 g/mol. The fraction of sp³-hybridized carbons (Fsp3) is 0.0746. The van der Waals surface area contributed by atoms with Crippen molar-refractivity contribution in [1.29, 1.82) is 0 Å². The molecule has 0 aliphatic carbocycles. The molecule has 8 aromatic carbocycles. The van der Waals surface area contributed by atoms with Crippen LogP contribution in [0.25, 0.3) is 91.9 Å². The van der Waals surface area contributed by atoms with Crippen molar-refractivity contribution in [3.05, 3.63) is 266 Å². The van der Waals surface area contributed by atoms with Crippen LogP contribution in [0.2, 0.25) is 15.5 Å². The summed E-state index contributed by atoms with van der Waals surface area (Å²) in [6.45, 7) is 0. The number of nitrogens with zero attached hydrogens (tertiary/aromatic N) is 4. The molecule has 9 nitrogen and oxygen atoms in total. The molecule has 0 bridgehead atoms. The molecule has 4 heterocycles. The number of hydrogen-bond donors (Lipinski definition) is 0. The first kappa shape index (κ1) is 71.3. The van der Waals surface area contributed by atoms with E-state index < -0.39 is 15.2 Å². The van der Waals surface area contributed by atoms with Gasteiger partial charge in [-0.2, -0.15) is 15.0 Å².